The fraction of sp³-hybridized carbons (Fsp3) is 0.381. The summed E-state index contributed by atoms with van der Waals surface area (Å²) in [4.78, 5) is 12.6. The van der Waals surface area contributed by atoms with Gasteiger partial charge in [0.15, 0.2) is 6.10 Å². The molecule has 3 nitrogen and oxygen atoms in total. The second kappa shape index (κ2) is 8.00. The molecule has 0 aliphatic carbocycles. The summed E-state index contributed by atoms with van der Waals surface area (Å²) in [6.07, 6.45) is 0.137. The van der Waals surface area contributed by atoms with Crippen molar-refractivity contribution in [2.45, 2.75) is 53.2 Å². The number of aryl methyl sites for hydroxylation is 3. The second-order valence-electron chi connectivity index (χ2n) is 6.48. The van der Waals surface area contributed by atoms with Gasteiger partial charge < -0.3 is 10.1 Å². The van der Waals surface area contributed by atoms with Crippen LogP contribution < -0.4 is 10.1 Å². The molecule has 0 unspecified atom stereocenters. The SMILES string of the molecule is CC[C@@H](Oc1cc(C)cc(C)c1)C(=O)N[C@@H](C)c1ccc(C)cc1. The minimum absolute atomic E-state index is 0.0463. The topological polar surface area (TPSA) is 38.3 Å². The zero-order valence-electron chi connectivity index (χ0n) is 15.2. The van der Waals surface area contributed by atoms with Crippen LogP contribution in [0.5, 0.6) is 5.75 Å². The van der Waals surface area contributed by atoms with Gasteiger partial charge in [-0.1, -0.05) is 42.8 Å². The van der Waals surface area contributed by atoms with E-state index < -0.39 is 6.10 Å². The molecule has 2 rings (SSSR count). The van der Waals surface area contributed by atoms with Gasteiger partial charge in [-0.25, -0.2) is 0 Å². The molecular formula is C21H27NO2. The van der Waals surface area contributed by atoms with E-state index in [1.54, 1.807) is 0 Å². The van der Waals surface area contributed by atoms with Crippen LogP contribution in [0.15, 0.2) is 42.5 Å². The average molecular weight is 325 g/mol. The molecule has 0 spiro atoms. The highest BCUT2D eigenvalue weighted by Gasteiger charge is 2.20. The first-order valence-electron chi connectivity index (χ1n) is 8.51. The lowest BCUT2D eigenvalue weighted by Gasteiger charge is -2.21. The monoisotopic (exact) mass is 325 g/mol. The van der Waals surface area contributed by atoms with Crippen LogP contribution >= 0.6 is 0 Å². The first kappa shape index (κ1) is 18.1. The largest absolute Gasteiger partial charge is 0.481 e. The summed E-state index contributed by atoms with van der Waals surface area (Å²) in [6, 6.07) is 14.2. The molecule has 1 N–H and O–H groups in total. The van der Waals surface area contributed by atoms with E-state index >= 15 is 0 Å². The quantitative estimate of drug-likeness (QED) is 0.840. The van der Waals surface area contributed by atoms with Crippen LogP contribution in [0.4, 0.5) is 0 Å². The standard InChI is InChI=1S/C21H27NO2/c1-6-20(24-19-12-15(3)11-16(4)13-19)21(23)22-17(5)18-9-7-14(2)8-10-18/h7-13,17,20H,6H2,1-5H3,(H,22,23)/t17-,20+/m0/s1. The van der Waals surface area contributed by atoms with Crippen LogP contribution in [-0.2, 0) is 4.79 Å². The smallest absolute Gasteiger partial charge is 0.261 e. The number of amides is 1. The third-order valence-corrected chi connectivity index (χ3v) is 4.07. The molecular weight excluding hydrogens is 298 g/mol. The van der Waals surface area contributed by atoms with Crippen LogP contribution in [0.1, 0.15) is 48.6 Å². The maximum atomic E-state index is 12.6. The van der Waals surface area contributed by atoms with Gasteiger partial charge in [0.25, 0.3) is 5.91 Å². The van der Waals surface area contributed by atoms with Gasteiger partial charge in [0.05, 0.1) is 6.04 Å². The van der Waals surface area contributed by atoms with Gasteiger partial charge in [0.2, 0.25) is 0 Å². The van der Waals surface area contributed by atoms with Crippen LogP contribution in [0.2, 0.25) is 0 Å². The summed E-state index contributed by atoms with van der Waals surface area (Å²) in [5.74, 6) is 0.669. The van der Waals surface area contributed by atoms with E-state index in [2.05, 4.69) is 30.4 Å². The van der Waals surface area contributed by atoms with Crippen molar-refractivity contribution in [2.24, 2.45) is 0 Å². The molecule has 2 atom stereocenters. The van der Waals surface area contributed by atoms with Gasteiger partial charge in [0.1, 0.15) is 5.75 Å². The van der Waals surface area contributed by atoms with Crippen molar-refractivity contribution in [3.05, 3.63) is 64.7 Å². The molecule has 3 heteroatoms. The molecule has 128 valence electrons. The van der Waals surface area contributed by atoms with E-state index in [1.807, 2.05) is 52.0 Å². The summed E-state index contributed by atoms with van der Waals surface area (Å²) < 4.78 is 5.93. The van der Waals surface area contributed by atoms with E-state index in [9.17, 15) is 4.79 Å². The molecule has 2 aromatic carbocycles. The number of hydrogen-bond donors (Lipinski definition) is 1. The molecule has 0 aromatic heterocycles. The predicted molar refractivity (Wildman–Crippen MR) is 98.4 cm³/mol. The van der Waals surface area contributed by atoms with Crippen molar-refractivity contribution < 1.29 is 9.53 Å². The Labute approximate surface area is 145 Å². The minimum atomic E-state index is -0.487. The second-order valence-corrected chi connectivity index (χ2v) is 6.48. The number of hydrogen-bond acceptors (Lipinski definition) is 2. The lowest BCUT2D eigenvalue weighted by molar-refractivity contribution is -0.128. The van der Waals surface area contributed by atoms with Crippen LogP contribution in [-0.4, -0.2) is 12.0 Å². The fourth-order valence-corrected chi connectivity index (χ4v) is 2.73. The number of rotatable bonds is 6. The normalized spacial score (nSPS) is 13.2. The number of ether oxygens (including phenoxy) is 1. The number of carbonyl (C=O) groups excluding carboxylic acids is 1. The third-order valence-electron chi connectivity index (χ3n) is 4.07. The van der Waals surface area contributed by atoms with Crippen LogP contribution in [0.25, 0.3) is 0 Å². The lowest BCUT2D eigenvalue weighted by atomic mass is 10.1. The molecule has 0 radical (unpaired) electrons. The van der Waals surface area contributed by atoms with Crippen molar-refractivity contribution in [1.29, 1.82) is 0 Å². The Morgan fingerprint density at radius 1 is 1.00 bits per heavy atom. The minimum Gasteiger partial charge on any atom is -0.481 e. The highest BCUT2D eigenvalue weighted by atomic mass is 16.5. The molecule has 0 fully saturated rings. The Morgan fingerprint density at radius 3 is 2.12 bits per heavy atom. The fourth-order valence-electron chi connectivity index (χ4n) is 2.73. The van der Waals surface area contributed by atoms with Gasteiger partial charge in [-0.15, -0.1) is 0 Å². The van der Waals surface area contributed by atoms with E-state index in [0.717, 1.165) is 22.4 Å². The van der Waals surface area contributed by atoms with Crippen molar-refractivity contribution in [2.75, 3.05) is 0 Å². The predicted octanol–water partition coefficient (Wildman–Crippen LogP) is 4.65. The molecule has 0 saturated carbocycles. The highest BCUT2D eigenvalue weighted by molar-refractivity contribution is 5.81. The first-order valence-corrected chi connectivity index (χ1v) is 8.51. The van der Waals surface area contributed by atoms with E-state index in [-0.39, 0.29) is 11.9 Å². The number of benzene rings is 2. The first-order chi connectivity index (χ1) is 11.4. The molecule has 24 heavy (non-hydrogen) atoms. The van der Waals surface area contributed by atoms with Crippen LogP contribution in [0, 0.1) is 20.8 Å². The summed E-state index contributed by atoms with van der Waals surface area (Å²) in [5, 5.41) is 3.05. The number of nitrogens with one attached hydrogen (secondary N) is 1. The van der Waals surface area contributed by atoms with Gasteiger partial charge in [-0.05, 0) is 62.9 Å². The van der Waals surface area contributed by atoms with E-state index in [4.69, 9.17) is 4.74 Å². The Bertz CT molecular complexity index is 671. The van der Waals surface area contributed by atoms with E-state index in [0.29, 0.717) is 6.42 Å². The third kappa shape index (κ3) is 4.85. The summed E-state index contributed by atoms with van der Waals surface area (Å²) in [7, 11) is 0. The summed E-state index contributed by atoms with van der Waals surface area (Å²) in [5.41, 5.74) is 4.57. The highest BCUT2D eigenvalue weighted by Crippen LogP contribution is 2.19. The van der Waals surface area contributed by atoms with Gasteiger partial charge in [0, 0.05) is 0 Å². The van der Waals surface area contributed by atoms with Crippen molar-refractivity contribution in [1.82, 2.24) is 5.32 Å². The summed E-state index contributed by atoms with van der Waals surface area (Å²) >= 11 is 0. The Balaban J connectivity index is 2.04. The Kier molecular flexibility index (Phi) is 6.02. The van der Waals surface area contributed by atoms with Gasteiger partial charge in [-0.2, -0.15) is 0 Å². The maximum Gasteiger partial charge on any atom is 0.261 e. The average Bonchev–Trinajstić information content (AvgIpc) is 2.52. The molecule has 0 heterocycles. The zero-order valence-corrected chi connectivity index (χ0v) is 15.2. The van der Waals surface area contributed by atoms with Gasteiger partial charge in [-0.3, -0.25) is 4.79 Å². The van der Waals surface area contributed by atoms with Gasteiger partial charge >= 0.3 is 0 Å². The van der Waals surface area contributed by atoms with Crippen molar-refractivity contribution >= 4 is 5.91 Å². The van der Waals surface area contributed by atoms with Crippen molar-refractivity contribution in [3.63, 3.8) is 0 Å². The molecule has 0 bridgehead atoms. The summed E-state index contributed by atoms with van der Waals surface area (Å²) in [6.45, 7) is 10.1. The Morgan fingerprint density at radius 2 is 1.58 bits per heavy atom. The van der Waals surface area contributed by atoms with Crippen molar-refractivity contribution in [3.8, 4) is 5.75 Å². The molecule has 0 saturated heterocycles. The molecule has 0 aliphatic heterocycles. The number of carbonyl (C=O) groups is 1. The Hall–Kier alpha value is -2.29. The molecule has 1 amide bonds. The zero-order chi connectivity index (χ0) is 17.7. The lowest BCUT2D eigenvalue weighted by Crippen LogP contribution is -2.39. The maximum absolute atomic E-state index is 12.6. The molecule has 0 aliphatic rings. The van der Waals surface area contributed by atoms with Crippen LogP contribution in [0.3, 0.4) is 0 Å². The van der Waals surface area contributed by atoms with E-state index in [1.165, 1.54) is 5.56 Å². The molecule has 2 aromatic rings.